The number of nitrogens with zero attached hydrogens (tertiary/aromatic N) is 2. The first kappa shape index (κ1) is 24.5. The van der Waals surface area contributed by atoms with Crippen molar-refractivity contribution in [3.8, 4) is 11.1 Å². The molecule has 0 saturated heterocycles. The summed E-state index contributed by atoms with van der Waals surface area (Å²) in [6, 6.07) is 13.5. The predicted octanol–water partition coefficient (Wildman–Crippen LogP) is 6.59. The number of halogens is 2. The number of carboxylic acids is 1. The van der Waals surface area contributed by atoms with Crippen molar-refractivity contribution in [2.45, 2.75) is 52.9 Å². The monoisotopic (exact) mass is 478 g/mol. The fourth-order valence-electron chi connectivity index (χ4n) is 4.23. The molecule has 0 amide bonds. The Morgan fingerprint density at radius 2 is 1.74 bits per heavy atom. The molecule has 0 radical (unpaired) electrons. The second kappa shape index (κ2) is 9.23. The molecule has 2 aromatic carbocycles. The first-order chi connectivity index (χ1) is 16.4. The average molecular weight is 479 g/mol. The molecule has 0 aliphatic rings. The van der Waals surface area contributed by atoms with Gasteiger partial charge in [-0.25, -0.2) is 18.6 Å². The maximum Gasteiger partial charge on any atom is 0.337 e. The van der Waals surface area contributed by atoms with Gasteiger partial charge in [-0.1, -0.05) is 35.9 Å². The van der Waals surface area contributed by atoms with Gasteiger partial charge in [0.1, 0.15) is 5.65 Å². The second-order valence-corrected chi connectivity index (χ2v) is 9.73. The molecule has 0 aliphatic heterocycles. The van der Waals surface area contributed by atoms with E-state index in [4.69, 9.17) is 9.72 Å². The number of aliphatic carboxylic acids is 1. The number of rotatable bonds is 6. The summed E-state index contributed by atoms with van der Waals surface area (Å²) in [5.41, 5.74) is 4.17. The van der Waals surface area contributed by atoms with Gasteiger partial charge in [-0.2, -0.15) is 0 Å². The summed E-state index contributed by atoms with van der Waals surface area (Å²) in [4.78, 5) is 17.1. The Morgan fingerprint density at radius 1 is 1.06 bits per heavy atom. The van der Waals surface area contributed by atoms with Crippen molar-refractivity contribution >= 4 is 17.0 Å². The van der Waals surface area contributed by atoms with Crippen molar-refractivity contribution in [1.29, 1.82) is 0 Å². The highest BCUT2D eigenvalue weighted by atomic mass is 19.2. The van der Waals surface area contributed by atoms with E-state index in [0.29, 0.717) is 22.5 Å². The zero-order chi connectivity index (χ0) is 25.5. The number of carboxylic acid groups (broad SMARTS) is 1. The predicted molar refractivity (Wildman–Crippen MR) is 131 cm³/mol. The van der Waals surface area contributed by atoms with E-state index in [1.165, 1.54) is 12.1 Å². The Bertz CT molecular complexity index is 1400. The fourth-order valence-corrected chi connectivity index (χ4v) is 4.23. The molecule has 7 heteroatoms. The Morgan fingerprint density at radius 3 is 2.34 bits per heavy atom. The van der Waals surface area contributed by atoms with Gasteiger partial charge in [0.15, 0.2) is 17.7 Å². The summed E-state index contributed by atoms with van der Waals surface area (Å²) in [7, 11) is 0. The van der Waals surface area contributed by atoms with Gasteiger partial charge >= 0.3 is 5.97 Å². The van der Waals surface area contributed by atoms with E-state index in [-0.39, 0.29) is 6.54 Å². The van der Waals surface area contributed by atoms with Crippen molar-refractivity contribution in [2.75, 3.05) is 0 Å². The lowest BCUT2D eigenvalue weighted by Crippen LogP contribution is -2.28. The van der Waals surface area contributed by atoms with E-state index in [1.54, 1.807) is 6.92 Å². The van der Waals surface area contributed by atoms with Crippen LogP contribution < -0.4 is 0 Å². The molecular formula is C28H28F2N2O3. The third kappa shape index (κ3) is 5.10. The number of fused-ring (bicyclic) bond motifs is 1. The molecule has 1 N–H and O–H groups in total. The molecule has 5 nitrogen and oxygen atoms in total. The van der Waals surface area contributed by atoms with Crippen LogP contribution in [0.25, 0.3) is 22.2 Å². The van der Waals surface area contributed by atoms with Crippen molar-refractivity contribution in [3.05, 3.63) is 88.7 Å². The normalized spacial score (nSPS) is 12.8. The minimum absolute atomic E-state index is 0.278. The quantitative estimate of drug-likeness (QED) is 0.340. The van der Waals surface area contributed by atoms with Gasteiger partial charge in [-0.05, 0) is 63.9 Å². The largest absolute Gasteiger partial charge is 0.479 e. The van der Waals surface area contributed by atoms with Gasteiger partial charge in [0.25, 0.3) is 0 Å². The van der Waals surface area contributed by atoms with Crippen LogP contribution in [0.4, 0.5) is 8.78 Å². The molecule has 4 aromatic rings. The molecule has 1 atom stereocenters. The van der Waals surface area contributed by atoms with Crippen LogP contribution >= 0.6 is 0 Å². The average Bonchev–Trinajstić information content (AvgIpc) is 3.16. The first-order valence-corrected chi connectivity index (χ1v) is 11.4. The summed E-state index contributed by atoms with van der Waals surface area (Å²) in [5.74, 6) is -2.90. The van der Waals surface area contributed by atoms with Crippen LogP contribution in [-0.4, -0.2) is 26.2 Å². The molecule has 0 aliphatic carbocycles. The van der Waals surface area contributed by atoms with Crippen molar-refractivity contribution in [1.82, 2.24) is 9.55 Å². The highest BCUT2D eigenvalue weighted by Crippen LogP contribution is 2.39. The third-order valence-corrected chi connectivity index (χ3v) is 5.77. The Hall–Kier alpha value is -3.58. The summed E-state index contributed by atoms with van der Waals surface area (Å²) in [6.07, 6.45) is 0.595. The lowest BCUT2D eigenvalue weighted by atomic mass is 9.92. The summed E-state index contributed by atoms with van der Waals surface area (Å²) < 4.78 is 35.0. The zero-order valence-corrected chi connectivity index (χ0v) is 20.4. The number of hydrogen-bond donors (Lipinski definition) is 1. The molecule has 35 heavy (non-hydrogen) atoms. The molecule has 2 heterocycles. The number of pyridine rings is 1. The molecule has 0 fully saturated rings. The van der Waals surface area contributed by atoms with Crippen LogP contribution in [0.5, 0.6) is 0 Å². The summed E-state index contributed by atoms with van der Waals surface area (Å²) in [6.45, 7) is 9.47. The summed E-state index contributed by atoms with van der Waals surface area (Å²) in [5, 5.41) is 10.9. The Kier molecular flexibility index (Phi) is 6.47. The van der Waals surface area contributed by atoms with Gasteiger partial charge in [0.05, 0.1) is 5.60 Å². The molecule has 0 spiro atoms. The number of aromatic nitrogens is 2. The highest BCUT2D eigenvalue weighted by molar-refractivity contribution is 5.97. The Balaban J connectivity index is 1.95. The zero-order valence-electron chi connectivity index (χ0n) is 20.4. The maximum atomic E-state index is 13.8. The van der Waals surface area contributed by atoms with E-state index < -0.39 is 29.3 Å². The van der Waals surface area contributed by atoms with E-state index in [9.17, 15) is 18.7 Å². The van der Waals surface area contributed by atoms with Crippen LogP contribution in [0.15, 0.2) is 54.7 Å². The molecule has 0 unspecified atom stereocenters. The number of aryl methyl sites for hydroxylation is 2. The van der Waals surface area contributed by atoms with E-state index >= 15 is 0 Å². The van der Waals surface area contributed by atoms with Gasteiger partial charge in [0.2, 0.25) is 0 Å². The van der Waals surface area contributed by atoms with Gasteiger partial charge < -0.3 is 14.4 Å². The molecule has 0 saturated carbocycles. The van der Waals surface area contributed by atoms with E-state index in [0.717, 1.165) is 28.1 Å². The van der Waals surface area contributed by atoms with E-state index in [1.807, 2.05) is 68.8 Å². The standard InChI is InChI=1S/C28H28F2N2O3/c1-16-6-9-19(10-7-16)24-20-12-13-32(15-18-8-11-21(29)22(30)14-18)26(20)31-17(2)23(24)25(27(33)34)35-28(3,4)5/h6-14,25H,15H2,1-5H3,(H,33,34)/t25-/m0/s1. The van der Waals surface area contributed by atoms with Crippen LogP contribution in [0, 0.1) is 25.5 Å². The molecule has 2 aromatic heterocycles. The van der Waals surface area contributed by atoms with Gasteiger partial charge in [-0.15, -0.1) is 0 Å². The smallest absolute Gasteiger partial charge is 0.337 e. The minimum atomic E-state index is -1.22. The van der Waals surface area contributed by atoms with Crippen LogP contribution in [0.3, 0.4) is 0 Å². The first-order valence-electron chi connectivity index (χ1n) is 11.4. The summed E-state index contributed by atoms with van der Waals surface area (Å²) >= 11 is 0. The minimum Gasteiger partial charge on any atom is -0.479 e. The Labute approximate surface area is 203 Å². The van der Waals surface area contributed by atoms with Crippen LogP contribution in [0.1, 0.15) is 49.3 Å². The molecular weight excluding hydrogens is 450 g/mol. The molecule has 0 bridgehead atoms. The number of carbonyl (C=O) groups is 1. The van der Waals surface area contributed by atoms with E-state index in [2.05, 4.69) is 0 Å². The molecule has 4 rings (SSSR count). The van der Waals surface area contributed by atoms with Crippen molar-refractivity contribution in [3.63, 3.8) is 0 Å². The van der Waals surface area contributed by atoms with Gasteiger partial charge in [-0.3, -0.25) is 0 Å². The lowest BCUT2D eigenvalue weighted by molar-refractivity contribution is -0.160. The van der Waals surface area contributed by atoms with Crippen LogP contribution in [0.2, 0.25) is 0 Å². The maximum absolute atomic E-state index is 13.8. The van der Waals surface area contributed by atoms with Gasteiger partial charge in [0, 0.05) is 34.9 Å². The van der Waals surface area contributed by atoms with Crippen LogP contribution in [-0.2, 0) is 16.1 Å². The molecule has 182 valence electrons. The number of benzene rings is 2. The SMILES string of the molecule is Cc1ccc(-c2c([C@H](OC(C)(C)C)C(=O)O)c(C)nc3c2ccn3Cc2ccc(F)c(F)c2)cc1. The van der Waals surface area contributed by atoms with Crippen molar-refractivity contribution < 1.29 is 23.4 Å². The third-order valence-electron chi connectivity index (χ3n) is 5.77. The lowest BCUT2D eigenvalue weighted by Gasteiger charge is -2.28. The highest BCUT2D eigenvalue weighted by Gasteiger charge is 2.32. The number of hydrogen-bond acceptors (Lipinski definition) is 3. The topological polar surface area (TPSA) is 64.3 Å². The number of ether oxygens (including phenoxy) is 1. The fraction of sp³-hybridized carbons (Fsp3) is 0.286. The van der Waals surface area contributed by atoms with Crippen molar-refractivity contribution in [2.24, 2.45) is 0 Å². The second-order valence-electron chi connectivity index (χ2n) is 9.73.